The van der Waals surface area contributed by atoms with E-state index < -0.39 is 18.0 Å². The van der Waals surface area contributed by atoms with Crippen LogP contribution in [0.4, 0.5) is 18.9 Å². The van der Waals surface area contributed by atoms with Crippen LogP contribution in [-0.2, 0) is 11.3 Å². The second-order valence-electron chi connectivity index (χ2n) is 5.71. The predicted molar refractivity (Wildman–Crippen MR) is 98.4 cm³/mol. The van der Waals surface area contributed by atoms with Gasteiger partial charge in [-0.2, -0.15) is 13.2 Å². The molecular weight excluding hydrogens is 393 g/mol. The summed E-state index contributed by atoms with van der Waals surface area (Å²) in [6.45, 7) is -0.121. The Labute approximate surface area is 164 Å². The molecule has 0 aliphatic heterocycles. The molecule has 0 spiro atoms. The molecule has 2 aromatic rings. The molecule has 2 rings (SSSR count). The molecule has 0 bridgehead atoms. The molecule has 0 aliphatic carbocycles. The Kier molecular flexibility index (Phi) is 6.92. The molecular formula is C19H19F3N2O5. The molecule has 0 saturated carbocycles. The molecule has 0 aliphatic rings. The van der Waals surface area contributed by atoms with Crippen LogP contribution in [0.15, 0.2) is 36.4 Å². The van der Waals surface area contributed by atoms with E-state index in [1.54, 1.807) is 11.4 Å². The summed E-state index contributed by atoms with van der Waals surface area (Å²) >= 11 is 0. The summed E-state index contributed by atoms with van der Waals surface area (Å²) in [5.41, 5.74) is 0.433. The van der Waals surface area contributed by atoms with Gasteiger partial charge < -0.3 is 24.8 Å². The minimum atomic E-state index is -5.02. The molecule has 0 atom stereocenters. The van der Waals surface area contributed by atoms with Crippen molar-refractivity contribution in [3.05, 3.63) is 47.5 Å². The van der Waals surface area contributed by atoms with Crippen molar-refractivity contribution in [3.8, 4) is 17.2 Å². The van der Waals surface area contributed by atoms with Gasteiger partial charge in [-0.25, -0.2) is 0 Å². The number of carbonyl (C=O) groups is 2. The second-order valence-corrected chi connectivity index (χ2v) is 5.71. The number of halogens is 3. The van der Waals surface area contributed by atoms with Gasteiger partial charge in [-0.3, -0.25) is 9.59 Å². The summed E-state index contributed by atoms with van der Waals surface area (Å²) in [6.07, 6.45) is -5.02. The molecule has 0 unspecified atom stereocenters. The van der Waals surface area contributed by atoms with E-state index in [9.17, 15) is 22.8 Å². The average molecular weight is 412 g/mol. The van der Waals surface area contributed by atoms with Crippen molar-refractivity contribution in [1.29, 1.82) is 0 Å². The zero-order valence-electron chi connectivity index (χ0n) is 15.8. The van der Waals surface area contributed by atoms with E-state index in [4.69, 9.17) is 14.2 Å². The van der Waals surface area contributed by atoms with Crippen LogP contribution in [0, 0.1) is 0 Å². The fraction of sp³-hybridized carbons (Fsp3) is 0.263. The number of carbonyl (C=O) groups excluding carboxylic acids is 2. The zero-order chi connectivity index (χ0) is 21.6. The van der Waals surface area contributed by atoms with E-state index in [1.165, 1.54) is 51.7 Å². The lowest BCUT2D eigenvalue weighted by Crippen LogP contribution is -2.31. The van der Waals surface area contributed by atoms with E-state index in [0.29, 0.717) is 11.3 Å². The number of para-hydroxylation sites is 1. The van der Waals surface area contributed by atoms with Gasteiger partial charge in [0.25, 0.3) is 5.91 Å². The number of hydrogen-bond acceptors (Lipinski definition) is 5. The number of methoxy groups -OCH3 is 3. The highest BCUT2D eigenvalue weighted by Gasteiger charge is 2.38. The van der Waals surface area contributed by atoms with Gasteiger partial charge in [-0.05, 0) is 23.8 Å². The number of hydrogen-bond donors (Lipinski definition) is 2. The standard InChI is InChI=1S/C19H19F3N2O5/c1-27-14-8-12(9-15(28-2)16(14)29-3)17(25)23-10-11-6-4-5-7-13(11)24-18(26)19(20,21)22/h4-9H,10H2,1-3H3,(H,23,25)(H,24,26). The molecule has 10 heteroatoms. The molecule has 0 aromatic heterocycles. The van der Waals surface area contributed by atoms with E-state index in [2.05, 4.69) is 5.32 Å². The highest BCUT2D eigenvalue weighted by molar-refractivity contribution is 5.97. The summed E-state index contributed by atoms with van der Waals surface area (Å²) < 4.78 is 53.0. The molecule has 156 valence electrons. The van der Waals surface area contributed by atoms with Crippen LogP contribution in [0.25, 0.3) is 0 Å². The average Bonchev–Trinajstić information content (AvgIpc) is 2.70. The minimum Gasteiger partial charge on any atom is -0.493 e. The topological polar surface area (TPSA) is 85.9 Å². The molecule has 0 fully saturated rings. The summed E-state index contributed by atoms with van der Waals surface area (Å²) in [5.74, 6) is -1.77. The smallest absolute Gasteiger partial charge is 0.471 e. The Morgan fingerprint density at radius 2 is 1.55 bits per heavy atom. The van der Waals surface area contributed by atoms with Crippen molar-refractivity contribution in [2.24, 2.45) is 0 Å². The maximum absolute atomic E-state index is 12.5. The van der Waals surface area contributed by atoms with Crippen LogP contribution in [0.1, 0.15) is 15.9 Å². The molecule has 2 N–H and O–H groups in total. The predicted octanol–water partition coefficient (Wildman–Crippen LogP) is 3.14. The Bertz CT molecular complexity index is 875. The van der Waals surface area contributed by atoms with E-state index >= 15 is 0 Å². The largest absolute Gasteiger partial charge is 0.493 e. The second kappa shape index (κ2) is 9.18. The molecule has 0 radical (unpaired) electrons. The lowest BCUT2D eigenvalue weighted by Gasteiger charge is -2.15. The van der Waals surface area contributed by atoms with Gasteiger partial charge >= 0.3 is 12.1 Å². The van der Waals surface area contributed by atoms with E-state index in [-0.39, 0.29) is 29.3 Å². The quantitative estimate of drug-likeness (QED) is 0.730. The van der Waals surface area contributed by atoms with Crippen molar-refractivity contribution in [3.63, 3.8) is 0 Å². The van der Waals surface area contributed by atoms with Crippen molar-refractivity contribution in [1.82, 2.24) is 5.32 Å². The first-order valence-corrected chi connectivity index (χ1v) is 8.25. The molecule has 0 saturated heterocycles. The van der Waals surface area contributed by atoms with Crippen LogP contribution in [0.5, 0.6) is 17.2 Å². The summed E-state index contributed by atoms with van der Waals surface area (Å²) in [4.78, 5) is 23.7. The number of alkyl halides is 3. The SMILES string of the molecule is COc1cc(C(=O)NCc2ccccc2NC(=O)C(F)(F)F)cc(OC)c1OC. The van der Waals surface area contributed by atoms with Crippen LogP contribution in [0.2, 0.25) is 0 Å². The maximum atomic E-state index is 12.5. The first-order valence-electron chi connectivity index (χ1n) is 8.25. The number of nitrogens with one attached hydrogen (secondary N) is 2. The normalized spacial score (nSPS) is 10.8. The lowest BCUT2D eigenvalue weighted by molar-refractivity contribution is -0.167. The minimum absolute atomic E-state index is 0.0555. The third-order valence-electron chi connectivity index (χ3n) is 3.89. The Balaban J connectivity index is 2.19. The number of anilines is 1. The number of rotatable bonds is 7. The fourth-order valence-electron chi connectivity index (χ4n) is 2.48. The van der Waals surface area contributed by atoms with Crippen molar-refractivity contribution in [2.45, 2.75) is 12.7 Å². The summed E-state index contributed by atoms with van der Waals surface area (Å²) in [5, 5.41) is 4.38. The number of ether oxygens (including phenoxy) is 3. The fourth-order valence-corrected chi connectivity index (χ4v) is 2.48. The van der Waals surface area contributed by atoms with E-state index in [0.717, 1.165) is 0 Å². The molecule has 0 heterocycles. The van der Waals surface area contributed by atoms with Gasteiger partial charge in [-0.15, -0.1) is 0 Å². The number of amides is 2. The lowest BCUT2D eigenvalue weighted by atomic mass is 10.1. The molecule has 2 aromatic carbocycles. The Morgan fingerprint density at radius 3 is 2.07 bits per heavy atom. The van der Waals surface area contributed by atoms with Crippen molar-refractivity contribution in [2.75, 3.05) is 26.6 Å². The third kappa shape index (κ3) is 5.31. The van der Waals surface area contributed by atoms with Crippen LogP contribution < -0.4 is 24.8 Å². The van der Waals surface area contributed by atoms with Crippen LogP contribution in [-0.4, -0.2) is 39.3 Å². The van der Waals surface area contributed by atoms with Crippen LogP contribution >= 0.6 is 0 Å². The van der Waals surface area contributed by atoms with Crippen molar-refractivity contribution >= 4 is 17.5 Å². The van der Waals surface area contributed by atoms with E-state index in [1.807, 2.05) is 0 Å². The molecule has 2 amide bonds. The monoisotopic (exact) mass is 412 g/mol. The number of benzene rings is 2. The highest BCUT2D eigenvalue weighted by atomic mass is 19.4. The Hall–Kier alpha value is -3.43. The summed E-state index contributed by atoms with van der Waals surface area (Å²) in [7, 11) is 4.23. The third-order valence-corrected chi connectivity index (χ3v) is 3.89. The zero-order valence-corrected chi connectivity index (χ0v) is 15.8. The molecule has 29 heavy (non-hydrogen) atoms. The van der Waals surface area contributed by atoms with Gasteiger partial charge in [0.2, 0.25) is 5.75 Å². The summed E-state index contributed by atoms with van der Waals surface area (Å²) in [6, 6.07) is 8.72. The molecule has 7 nitrogen and oxygen atoms in total. The van der Waals surface area contributed by atoms with Gasteiger partial charge in [0.15, 0.2) is 11.5 Å². The van der Waals surface area contributed by atoms with Gasteiger partial charge in [0.05, 0.1) is 21.3 Å². The van der Waals surface area contributed by atoms with Crippen LogP contribution in [0.3, 0.4) is 0 Å². The van der Waals surface area contributed by atoms with Gasteiger partial charge in [0, 0.05) is 17.8 Å². The van der Waals surface area contributed by atoms with Gasteiger partial charge in [0.1, 0.15) is 0 Å². The maximum Gasteiger partial charge on any atom is 0.471 e. The first kappa shape index (κ1) is 21.9. The van der Waals surface area contributed by atoms with Crippen molar-refractivity contribution < 1.29 is 37.0 Å². The first-order chi connectivity index (χ1) is 13.7. The highest BCUT2D eigenvalue weighted by Crippen LogP contribution is 2.38. The Morgan fingerprint density at radius 1 is 0.966 bits per heavy atom. The van der Waals surface area contributed by atoms with Gasteiger partial charge in [-0.1, -0.05) is 18.2 Å².